The van der Waals surface area contributed by atoms with Crippen LogP contribution in [0, 0.1) is 6.92 Å². The quantitative estimate of drug-likeness (QED) is 0.744. The van der Waals surface area contributed by atoms with Crippen LogP contribution in [0.2, 0.25) is 0 Å². The predicted molar refractivity (Wildman–Crippen MR) is 92.7 cm³/mol. The minimum Gasteiger partial charge on any atom is -0.496 e. The number of aromatic nitrogens is 4. The van der Waals surface area contributed by atoms with Gasteiger partial charge in [-0.05, 0) is 41.1 Å². The van der Waals surface area contributed by atoms with Crippen molar-refractivity contribution in [1.82, 2.24) is 25.5 Å². The van der Waals surface area contributed by atoms with E-state index >= 15 is 0 Å². The molecule has 1 aromatic heterocycles. The molecule has 0 aliphatic carbocycles. The molecule has 0 atom stereocenters. The fraction of sp³-hybridized carbons (Fsp3) is 0.176. The van der Waals surface area contributed by atoms with Crippen molar-refractivity contribution in [1.29, 1.82) is 0 Å². The summed E-state index contributed by atoms with van der Waals surface area (Å²) in [6.45, 7) is 2.31. The number of tetrazole rings is 1. The summed E-state index contributed by atoms with van der Waals surface area (Å²) in [6, 6.07) is 12.8. The van der Waals surface area contributed by atoms with E-state index in [1.807, 2.05) is 49.4 Å². The molecule has 1 heterocycles. The van der Waals surface area contributed by atoms with Crippen molar-refractivity contribution >= 4 is 11.7 Å². The molecule has 0 saturated carbocycles. The highest BCUT2D eigenvalue weighted by molar-refractivity contribution is 5.89. The molecule has 0 fully saturated rings. The van der Waals surface area contributed by atoms with Gasteiger partial charge in [0, 0.05) is 17.8 Å². The molecule has 8 heteroatoms. The molecule has 2 amide bonds. The van der Waals surface area contributed by atoms with E-state index in [9.17, 15) is 4.79 Å². The number of benzene rings is 2. The van der Waals surface area contributed by atoms with E-state index in [2.05, 4.69) is 26.2 Å². The van der Waals surface area contributed by atoms with Gasteiger partial charge in [0.25, 0.3) is 0 Å². The van der Waals surface area contributed by atoms with Crippen molar-refractivity contribution in [2.75, 3.05) is 12.4 Å². The molecule has 2 aromatic carbocycles. The molecule has 0 radical (unpaired) electrons. The molecular weight excluding hydrogens is 320 g/mol. The zero-order valence-corrected chi connectivity index (χ0v) is 13.9. The largest absolute Gasteiger partial charge is 0.496 e. The van der Waals surface area contributed by atoms with Crippen LogP contribution in [-0.2, 0) is 6.54 Å². The molecule has 25 heavy (non-hydrogen) atoms. The number of ether oxygens (including phenoxy) is 1. The lowest BCUT2D eigenvalue weighted by molar-refractivity contribution is 0.251. The topological polar surface area (TPSA) is 94.0 Å². The van der Waals surface area contributed by atoms with Crippen LogP contribution < -0.4 is 15.4 Å². The number of nitrogens with zero attached hydrogens (tertiary/aromatic N) is 4. The molecule has 2 N–H and O–H groups in total. The van der Waals surface area contributed by atoms with Crippen molar-refractivity contribution in [2.45, 2.75) is 13.5 Å². The molecule has 0 aliphatic heterocycles. The number of anilines is 1. The van der Waals surface area contributed by atoms with Gasteiger partial charge in [0.05, 0.1) is 12.8 Å². The molecule has 0 spiro atoms. The van der Waals surface area contributed by atoms with Gasteiger partial charge in [0.15, 0.2) is 0 Å². The zero-order valence-electron chi connectivity index (χ0n) is 13.9. The Hall–Kier alpha value is -3.42. The molecule has 0 aliphatic rings. The predicted octanol–water partition coefficient (Wildman–Crippen LogP) is 2.30. The van der Waals surface area contributed by atoms with Gasteiger partial charge in [-0.25, -0.2) is 9.48 Å². The fourth-order valence-corrected chi connectivity index (χ4v) is 2.41. The van der Waals surface area contributed by atoms with E-state index in [1.54, 1.807) is 11.8 Å². The number of urea groups is 1. The van der Waals surface area contributed by atoms with Crippen molar-refractivity contribution < 1.29 is 9.53 Å². The Kier molecular flexibility index (Phi) is 4.89. The molecule has 128 valence electrons. The van der Waals surface area contributed by atoms with E-state index in [0.717, 1.165) is 22.6 Å². The molecule has 8 nitrogen and oxygen atoms in total. The summed E-state index contributed by atoms with van der Waals surface area (Å²) in [5, 5.41) is 16.8. The highest BCUT2D eigenvalue weighted by Crippen LogP contribution is 2.19. The summed E-state index contributed by atoms with van der Waals surface area (Å²) in [5.41, 5.74) is 3.34. The second-order valence-corrected chi connectivity index (χ2v) is 5.38. The van der Waals surface area contributed by atoms with Gasteiger partial charge < -0.3 is 15.4 Å². The summed E-state index contributed by atoms with van der Waals surface area (Å²) < 4.78 is 6.82. The summed E-state index contributed by atoms with van der Waals surface area (Å²) in [6.07, 6.45) is 1.51. The lowest BCUT2D eigenvalue weighted by Crippen LogP contribution is -2.28. The SMILES string of the molecule is COc1ccccc1CNC(=O)Nc1ccc(C)c(-n2cnnn2)c1. The van der Waals surface area contributed by atoms with Crippen LogP contribution >= 0.6 is 0 Å². The van der Waals surface area contributed by atoms with E-state index in [-0.39, 0.29) is 6.03 Å². The van der Waals surface area contributed by atoms with Crippen LogP contribution in [0.5, 0.6) is 5.75 Å². The number of para-hydroxylation sites is 1. The third kappa shape index (κ3) is 3.92. The van der Waals surface area contributed by atoms with Gasteiger partial charge in [0.2, 0.25) is 0 Å². The number of nitrogens with one attached hydrogen (secondary N) is 2. The van der Waals surface area contributed by atoms with E-state index in [1.165, 1.54) is 6.33 Å². The van der Waals surface area contributed by atoms with Gasteiger partial charge >= 0.3 is 6.03 Å². The van der Waals surface area contributed by atoms with Crippen molar-refractivity contribution in [2.24, 2.45) is 0 Å². The Balaban J connectivity index is 1.66. The third-order valence-electron chi connectivity index (χ3n) is 3.69. The Bertz CT molecular complexity index is 863. The van der Waals surface area contributed by atoms with Gasteiger partial charge in [-0.2, -0.15) is 0 Å². The lowest BCUT2D eigenvalue weighted by Gasteiger charge is -2.12. The maximum absolute atomic E-state index is 12.2. The molecule has 0 unspecified atom stereocenters. The third-order valence-corrected chi connectivity index (χ3v) is 3.69. The Morgan fingerprint density at radius 2 is 2.08 bits per heavy atom. The van der Waals surface area contributed by atoms with E-state index < -0.39 is 0 Å². The van der Waals surface area contributed by atoms with Crippen LogP contribution in [0.4, 0.5) is 10.5 Å². The normalized spacial score (nSPS) is 10.3. The van der Waals surface area contributed by atoms with E-state index in [4.69, 9.17) is 4.74 Å². The minimum absolute atomic E-state index is 0.308. The number of carbonyl (C=O) groups excluding carboxylic acids is 1. The molecular formula is C17H18N6O2. The number of rotatable bonds is 5. The first-order valence-electron chi connectivity index (χ1n) is 7.68. The van der Waals surface area contributed by atoms with E-state index in [0.29, 0.717) is 12.2 Å². The van der Waals surface area contributed by atoms with Gasteiger partial charge in [-0.3, -0.25) is 0 Å². The Morgan fingerprint density at radius 1 is 1.24 bits per heavy atom. The minimum atomic E-state index is -0.308. The fourth-order valence-electron chi connectivity index (χ4n) is 2.41. The first-order chi connectivity index (χ1) is 12.2. The molecule has 0 bridgehead atoms. The maximum Gasteiger partial charge on any atom is 0.319 e. The number of aryl methyl sites for hydroxylation is 1. The monoisotopic (exact) mass is 338 g/mol. The second-order valence-electron chi connectivity index (χ2n) is 5.38. The number of methoxy groups -OCH3 is 1. The highest BCUT2D eigenvalue weighted by Gasteiger charge is 2.08. The summed E-state index contributed by atoms with van der Waals surface area (Å²) in [7, 11) is 1.60. The number of carbonyl (C=O) groups is 1. The highest BCUT2D eigenvalue weighted by atomic mass is 16.5. The summed E-state index contributed by atoms with van der Waals surface area (Å²) in [5.74, 6) is 0.735. The Morgan fingerprint density at radius 3 is 2.84 bits per heavy atom. The molecule has 0 saturated heterocycles. The van der Waals surface area contributed by atoms with Gasteiger partial charge in [-0.1, -0.05) is 24.3 Å². The smallest absolute Gasteiger partial charge is 0.319 e. The van der Waals surface area contributed by atoms with Crippen LogP contribution in [0.25, 0.3) is 5.69 Å². The summed E-state index contributed by atoms with van der Waals surface area (Å²) >= 11 is 0. The van der Waals surface area contributed by atoms with Crippen molar-refractivity contribution in [3.63, 3.8) is 0 Å². The molecule has 3 aromatic rings. The first-order valence-corrected chi connectivity index (χ1v) is 7.68. The standard InChI is InChI=1S/C17H18N6O2/c1-12-7-8-14(9-15(12)23-11-19-21-22-23)20-17(24)18-10-13-5-3-4-6-16(13)25-2/h3-9,11H,10H2,1-2H3,(H2,18,20,24). The van der Waals surface area contributed by atoms with Crippen molar-refractivity contribution in [3.05, 3.63) is 59.9 Å². The maximum atomic E-state index is 12.2. The van der Waals surface area contributed by atoms with Gasteiger partial charge in [0.1, 0.15) is 12.1 Å². The number of amides is 2. The average molecular weight is 338 g/mol. The van der Waals surface area contributed by atoms with Gasteiger partial charge in [-0.15, -0.1) is 5.10 Å². The number of hydrogen-bond donors (Lipinski definition) is 2. The van der Waals surface area contributed by atoms with Crippen LogP contribution in [0.3, 0.4) is 0 Å². The van der Waals surface area contributed by atoms with Crippen LogP contribution in [0.1, 0.15) is 11.1 Å². The van der Waals surface area contributed by atoms with Crippen molar-refractivity contribution in [3.8, 4) is 11.4 Å². The van der Waals surface area contributed by atoms with Crippen LogP contribution in [-0.4, -0.2) is 33.3 Å². The lowest BCUT2D eigenvalue weighted by atomic mass is 10.2. The zero-order chi connectivity index (χ0) is 17.6. The Labute approximate surface area is 144 Å². The molecule has 3 rings (SSSR count). The first kappa shape index (κ1) is 16.4. The average Bonchev–Trinajstić information content (AvgIpc) is 3.16. The second kappa shape index (κ2) is 7.43. The number of hydrogen-bond acceptors (Lipinski definition) is 5. The van der Waals surface area contributed by atoms with Crippen LogP contribution in [0.15, 0.2) is 48.8 Å². The summed E-state index contributed by atoms with van der Waals surface area (Å²) in [4.78, 5) is 12.2.